The van der Waals surface area contributed by atoms with Crippen LogP contribution in [0, 0.1) is 0 Å². The Morgan fingerprint density at radius 1 is 1.38 bits per heavy atom. The van der Waals surface area contributed by atoms with Crippen molar-refractivity contribution in [2.45, 2.75) is 25.4 Å². The zero-order valence-corrected chi connectivity index (χ0v) is 9.00. The quantitative estimate of drug-likeness (QED) is 0.846. The third-order valence-corrected chi connectivity index (χ3v) is 2.82. The predicted octanol–water partition coefficient (Wildman–Crippen LogP) is 1.74. The average Bonchev–Trinajstić information content (AvgIpc) is 3.10. The van der Waals surface area contributed by atoms with E-state index in [1.165, 1.54) is 12.8 Å². The Hall–Kier alpha value is -1.68. The van der Waals surface area contributed by atoms with E-state index in [2.05, 4.69) is 14.8 Å². The molecule has 1 saturated carbocycles. The van der Waals surface area contributed by atoms with E-state index >= 15 is 0 Å². The molecule has 0 spiro atoms. The first kappa shape index (κ1) is 9.54. The molecule has 1 aliphatic rings. The Morgan fingerprint density at radius 3 is 2.88 bits per heavy atom. The minimum absolute atomic E-state index is 0.486. The number of nitrogens with two attached hydrogens (primary N) is 1. The summed E-state index contributed by atoms with van der Waals surface area (Å²) in [5, 5.41) is 4.52. The van der Waals surface area contributed by atoms with Gasteiger partial charge in [-0.1, -0.05) is 6.07 Å². The largest absolute Gasteiger partial charge is 0.325 e. The molecule has 0 bridgehead atoms. The Bertz CT molecular complexity index is 485. The molecule has 0 saturated heterocycles. The SMILES string of the molecule is NCc1cc(-c2ccccn2)n(C2CC2)n1. The van der Waals surface area contributed by atoms with E-state index in [0.717, 1.165) is 17.1 Å². The van der Waals surface area contributed by atoms with Crippen molar-refractivity contribution in [2.75, 3.05) is 0 Å². The summed E-state index contributed by atoms with van der Waals surface area (Å²) >= 11 is 0. The van der Waals surface area contributed by atoms with Gasteiger partial charge in [-0.05, 0) is 31.0 Å². The van der Waals surface area contributed by atoms with Gasteiger partial charge in [-0.3, -0.25) is 9.67 Å². The molecule has 4 nitrogen and oxygen atoms in total. The third kappa shape index (κ3) is 1.61. The van der Waals surface area contributed by atoms with Gasteiger partial charge in [0.2, 0.25) is 0 Å². The van der Waals surface area contributed by atoms with Crippen molar-refractivity contribution in [2.24, 2.45) is 5.73 Å². The minimum Gasteiger partial charge on any atom is -0.325 e. The molecule has 2 heterocycles. The summed E-state index contributed by atoms with van der Waals surface area (Å²) in [6.45, 7) is 0.486. The highest BCUT2D eigenvalue weighted by atomic mass is 15.3. The third-order valence-electron chi connectivity index (χ3n) is 2.82. The summed E-state index contributed by atoms with van der Waals surface area (Å²) in [5.74, 6) is 0. The number of aromatic nitrogens is 3. The number of nitrogens with zero attached hydrogens (tertiary/aromatic N) is 3. The molecule has 0 amide bonds. The number of hydrogen-bond donors (Lipinski definition) is 1. The Morgan fingerprint density at radius 2 is 2.25 bits per heavy atom. The van der Waals surface area contributed by atoms with Gasteiger partial charge in [-0.2, -0.15) is 5.10 Å². The topological polar surface area (TPSA) is 56.7 Å². The Balaban J connectivity index is 2.08. The number of rotatable bonds is 3. The van der Waals surface area contributed by atoms with Gasteiger partial charge in [0.05, 0.1) is 23.1 Å². The van der Waals surface area contributed by atoms with Gasteiger partial charge >= 0.3 is 0 Å². The fraction of sp³-hybridized carbons (Fsp3) is 0.333. The van der Waals surface area contributed by atoms with Crippen LogP contribution in [0.25, 0.3) is 11.4 Å². The highest BCUT2D eigenvalue weighted by molar-refractivity contribution is 5.55. The van der Waals surface area contributed by atoms with E-state index in [0.29, 0.717) is 12.6 Å². The van der Waals surface area contributed by atoms with Crippen molar-refractivity contribution < 1.29 is 0 Å². The molecule has 2 aromatic rings. The van der Waals surface area contributed by atoms with E-state index in [4.69, 9.17) is 5.73 Å². The molecular formula is C12H14N4. The fourth-order valence-corrected chi connectivity index (χ4v) is 1.85. The molecule has 0 unspecified atom stereocenters. The lowest BCUT2D eigenvalue weighted by atomic mass is 10.2. The van der Waals surface area contributed by atoms with Crippen molar-refractivity contribution in [1.82, 2.24) is 14.8 Å². The molecule has 82 valence electrons. The first-order chi connectivity index (χ1) is 7.88. The zero-order chi connectivity index (χ0) is 11.0. The van der Waals surface area contributed by atoms with Crippen LogP contribution in [-0.4, -0.2) is 14.8 Å². The molecule has 3 rings (SSSR count). The van der Waals surface area contributed by atoms with Crippen LogP contribution in [0.5, 0.6) is 0 Å². The van der Waals surface area contributed by atoms with Crippen LogP contribution < -0.4 is 5.73 Å². The van der Waals surface area contributed by atoms with Gasteiger partial charge < -0.3 is 5.73 Å². The Labute approximate surface area is 94.1 Å². The molecule has 4 heteroatoms. The maximum atomic E-state index is 5.63. The monoisotopic (exact) mass is 214 g/mol. The van der Waals surface area contributed by atoms with Gasteiger partial charge in [0.15, 0.2) is 0 Å². The van der Waals surface area contributed by atoms with E-state index in [1.54, 1.807) is 0 Å². The molecule has 2 N–H and O–H groups in total. The second kappa shape index (κ2) is 3.72. The number of hydrogen-bond acceptors (Lipinski definition) is 3. The summed E-state index contributed by atoms with van der Waals surface area (Å²) < 4.78 is 2.07. The van der Waals surface area contributed by atoms with Crippen LogP contribution in [0.3, 0.4) is 0 Å². The lowest BCUT2D eigenvalue weighted by molar-refractivity contribution is 0.635. The lowest BCUT2D eigenvalue weighted by Crippen LogP contribution is -2.02. The highest BCUT2D eigenvalue weighted by Crippen LogP contribution is 2.37. The molecule has 0 aromatic carbocycles. The predicted molar refractivity (Wildman–Crippen MR) is 61.6 cm³/mol. The van der Waals surface area contributed by atoms with E-state index in [-0.39, 0.29) is 0 Å². The molecular weight excluding hydrogens is 200 g/mol. The molecule has 0 radical (unpaired) electrons. The van der Waals surface area contributed by atoms with Crippen molar-refractivity contribution in [3.8, 4) is 11.4 Å². The number of pyridine rings is 1. The molecule has 0 atom stereocenters. The van der Waals surface area contributed by atoms with Crippen LogP contribution in [0.2, 0.25) is 0 Å². The maximum Gasteiger partial charge on any atom is 0.0883 e. The molecule has 16 heavy (non-hydrogen) atoms. The molecule has 1 fully saturated rings. The zero-order valence-electron chi connectivity index (χ0n) is 9.00. The fourth-order valence-electron chi connectivity index (χ4n) is 1.85. The van der Waals surface area contributed by atoms with Gasteiger partial charge in [0.25, 0.3) is 0 Å². The minimum atomic E-state index is 0.486. The summed E-state index contributed by atoms with van der Waals surface area (Å²) in [4.78, 5) is 4.37. The van der Waals surface area contributed by atoms with Gasteiger partial charge in [0, 0.05) is 12.7 Å². The summed E-state index contributed by atoms with van der Waals surface area (Å²) in [6, 6.07) is 8.52. The summed E-state index contributed by atoms with van der Waals surface area (Å²) in [5.41, 5.74) is 8.63. The standard InChI is InChI=1S/C12H14N4/c13-8-9-7-12(11-3-1-2-6-14-11)16(15-9)10-4-5-10/h1-3,6-7,10H,4-5,8,13H2. The van der Waals surface area contributed by atoms with Crippen LogP contribution in [0.1, 0.15) is 24.6 Å². The lowest BCUT2D eigenvalue weighted by Gasteiger charge is -2.04. The van der Waals surface area contributed by atoms with Gasteiger partial charge in [-0.15, -0.1) is 0 Å². The van der Waals surface area contributed by atoms with Gasteiger partial charge in [0.1, 0.15) is 0 Å². The summed E-state index contributed by atoms with van der Waals surface area (Å²) in [6.07, 6.45) is 4.23. The maximum absolute atomic E-state index is 5.63. The second-order valence-corrected chi connectivity index (χ2v) is 4.12. The first-order valence-corrected chi connectivity index (χ1v) is 5.58. The second-order valence-electron chi connectivity index (χ2n) is 4.12. The van der Waals surface area contributed by atoms with Crippen LogP contribution in [0.15, 0.2) is 30.5 Å². The average molecular weight is 214 g/mol. The molecule has 1 aliphatic carbocycles. The van der Waals surface area contributed by atoms with Crippen molar-refractivity contribution >= 4 is 0 Å². The van der Waals surface area contributed by atoms with Gasteiger partial charge in [-0.25, -0.2) is 0 Å². The van der Waals surface area contributed by atoms with Crippen molar-refractivity contribution in [3.05, 3.63) is 36.2 Å². The molecule has 2 aromatic heterocycles. The van der Waals surface area contributed by atoms with E-state index in [1.807, 2.05) is 30.5 Å². The smallest absolute Gasteiger partial charge is 0.0883 e. The van der Waals surface area contributed by atoms with Crippen LogP contribution in [0.4, 0.5) is 0 Å². The normalized spacial score (nSPS) is 15.3. The van der Waals surface area contributed by atoms with Crippen LogP contribution in [-0.2, 0) is 6.54 Å². The summed E-state index contributed by atoms with van der Waals surface area (Å²) in [7, 11) is 0. The van der Waals surface area contributed by atoms with Crippen molar-refractivity contribution in [1.29, 1.82) is 0 Å². The first-order valence-electron chi connectivity index (χ1n) is 5.58. The molecule has 0 aliphatic heterocycles. The van der Waals surface area contributed by atoms with E-state index in [9.17, 15) is 0 Å². The van der Waals surface area contributed by atoms with E-state index < -0.39 is 0 Å². The highest BCUT2D eigenvalue weighted by Gasteiger charge is 2.27. The Kier molecular flexibility index (Phi) is 2.22. The van der Waals surface area contributed by atoms with Crippen LogP contribution >= 0.6 is 0 Å². The van der Waals surface area contributed by atoms with Crippen molar-refractivity contribution in [3.63, 3.8) is 0 Å².